The van der Waals surface area contributed by atoms with Gasteiger partial charge in [0.1, 0.15) is 0 Å². The molecule has 1 saturated heterocycles. The number of halogens is 6. The van der Waals surface area contributed by atoms with E-state index in [2.05, 4.69) is 76.2 Å². The molecule has 0 bridgehead atoms. The fourth-order valence-corrected chi connectivity index (χ4v) is 1.11. The molecule has 1 fully saturated rings. The van der Waals surface area contributed by atoms with Gasteiger partial charge in [0.2, 0.25) is 0 Å². The molecule has 2 heterocycles. The first-order valence-electron chi connectivity index (χ1n) is 5.41. The Kier molecular flexibility index (Phi) is 41.0. The topological polar surface area (TPSA) is 28.2 Å². The average molecular weight is 558 g/mol. The van der Waals surface area contributed by atoms with E-state index in [1.807, 2.05) is 18.2 Å². The van der Waals surface area contributed by atoms with Crippen molar-refractivity contribution in [3.8, 4) is 0 Å². The van der Waals surface area contributed by atoms with Crippen LogP contribution in [0.4, 0.5) is 0 Å². The van der Waals surface area contributed by atoms with Crippen LogP contribution < -0.4 is 0 Å². The number of piperidine rings is 1. The van der Waals surface area contributed by atoms with Crippen molar-refractivity contribution in [2.24, 2.45) is 0 Å². The Balaban J connectivity index is -0.000000205. The van der Waals surface area contributed by atoms with E-state index in [0.717, 1.165) is 19.6 Å². The third-order valence-electron chi connectivity index (χ3n) is 1.78. The van der Waals surface area contributed by atoms with E-state index >= 15 is 0 Å². The molecule has 2 rings (SSSR count). The van der Waals surface area contributed by atoms with Gasteiger partial charge in [-0.25, -0.2) is 0 Å². The molecule has 2 aliphatic heterocycles. The third-order valence-corrected chi connectivity index (χ3v) is 1.78. The predicted octanol–water partition coefficient (Wildman–Crippen LogP) is 3.29. The minimum atomic E-state index is -0.965. The van der Waals surface area contributed by atoms with Crippen molar-refractivity contribution in [1.29, 1.82) is 0 Å². The van der Waals surface area contributed by atoms with E-state index in [4.69, 9.17) is 10.1 Å². The first-order chi connectivity index (χ1) is 10.1. The van der Waals surface area contributed by atoms with Crippen molar-refractivity contribution in [2.75, 3.05) is 19.6 Å². The van der Waals surface area contributed by atoms with Gasteiger partial charge >= 0.3 is 99.6 Å². The summed E-state index contributed by atoms with van der Waals surface area (Å²) in [7, 11) is 25.2. The maximum absolute atomic E-state index is 4.97. The van der Waals surface area contributed by atoms with Crippen LogP contribution in [0.3, 0.4) is 0 Å². The molecule has 0 saturated carbocycles. The van der Waals surface area contributed by atoms with Gasteiger partial charge in [0, 0.05) is 0 Å². The van der Waals surface area contributed by atoms with Gasteiger partial charge in [-0.2, -0.15) is 6.20 Å². The van der Waals surface area contributed by atoms with Crippen LogP contribution in [0.2, 0.25) is 0 Å². The van der Waals surface area contributed by atoms with E-state index in [1.54, 1.807) is 6.20 Å². The number of nitrogens with zero attached hydrogens (tertiary/aromatic N) is 2. The van der Waals surface area contributed by atoms with Crippen LogP contribution in [0.15, 0.2) is 24.4 Å². The van der Waals surface area contributed by atoms with Crippen molar-refractivity contribution >= 4 is 20.3 Å². The summed E-state index contributed by atoms with van der Waals surface area (Å²) in [5.41, 5.74) is 0. The summed E-state index contributed by atoms with van der Waals surface area (Å²) >= 11 is 3.64. The van der Waals surface area contributed by atoms with Crippen molar-refractivity contribution in [1.82, 2.24) is 0 Å². The molecule has 0 aromatic carbocycles. The summed E-state index contributed by atoms with van der Waals surface area (Å²) in [6.07, 6.45) is 11.8. The predicted molar refractivity (Wildman–Crippen MR) is 70.7 cm³/mol. The van der Waals surface area contributed by atoms with Crippen molar-refractivity contribution in [3.63, 3.8) is 0 Å². The van der Waals surface area contributed by atoms with Crippen LogP contribution in [0, 0.1) is 40.6 Å². The van der Waals surface area contributed by atoms with Crippen molar-refractivity contribution in [2.45, 2.75) is 19.3 Å². The Labute approximate surface area is 171 Å². The Morgan fingerprint density at radius 1 is 1.05 bits per heavy atom. The molecule has 0 radical (unpaired) electrons. The zero-order valence-electron chi connectivity index (χ0n) is 10.8. The summed E-state index contributed by atoms with van der Waals surface area (Å²) in [5, 5.41) is 8.09. The molecule has 0 aliphatic carbocycles. The number of allylic oxidation sites excluding steroid dienone is 2. The Hall–Kier alpha value is 2.50. The van der Waals surface area contributed by atoms with Gasteiger partial charge in [-0.15, -0.1) is 25.7 Å². The minimum absolute atomic E-state index is 0.604. The van der Waals surface area contributed by atoms with Gasteiger partial charge in [0.25, 0.3) is 0 Å². The van der Waals surface area contributed by atoms with Crippen LogP contribution in [0.25, 0.3) is 10.6 Å². The number of hydrogen-bond acceptors (Lipinski definition) is 0. The molecule has 0 unspecified atom stereocenters. The van der Waals surface area contributed by atoms with E-state index in [9.17, 15) is 0 Å². The summed E-state index contributed by atoms with van der Waals surface area (Å²) in [6, 6.07) is 0. The molecule has 2 aliphatic rings. The molecule has 0 aromatic rings. The maximum atomic E-state index is 4.97. The Bertz CT molecular complexity index is 193. The summed E-state index contributed by atoms with van der Waals surface area (Å²) in [4.78, 5) is 0. The fraction of sp³-hybridized carbons (Fsp3) is 0.600. The molecule has 21 heavy (non-hydrogen) atoms. The average Bonchev–Trinajstić information content (AvgIpc) is 2.54. The second-order valence-corrected chi connectivity index (χ2v) is 10.8. The van der Waals surface area contributed by atoms with Crippen LogP contribution in [0.1, 0.15) is 19.3 Å². The van der Waals surface area contributed by atoms with Gasteiger partial charge in [-0.1, -0.05) is 31.4 Å². The first-order valence-corrected chi connectivity index (χ1v) is 14.5. The zero-order chi connectivity index (χ0) is 16.8. The molecule has 0 amide bonds. The van der Waals surface area contributed by atoms with Crippen molar-refractivity contribution < 1.29 is 79.3 Å². The molecule has 2 nitrogen and oxygen atoms in total. The van der Waals surface area contributed by atoms with Gasteiger partial charge in [0.05, 0.1) is 0 Å². The van der Waals surface area contributed by atoms with Gasteiger partial charge < -0.3 is 10.6 Å². The monoisotopic (exact) mass is 555 g/mol. The summed E-state index contributed by atoms with van der Waals surface area (Å²) in [5.74, 6) is 0. The number of hydrogen-bond donors (Lipinski definition) is 0. The van der Waals surface area contributed by atoms with Gasteiger partial charge in [-0.3, -0.25) is 0 Å². The second kappa shape index (κ2) is 30.4. The second-order valence-electron chi connectivity index (χ2n) is 3.08. The van der Waals surface area contributed by atoms with Crippen LogP contribution >= 0.6 is 20.3 Å². The molecule has 11 heteroatoms. The molecule has 136 valence electrons. The van der Waals surface area contributed by atoms with Crippen LogP contribution in [0.5, 0.6) is 0 Å². The van der Waals surface area contributed by atoms with Crippen molar-refractivity contribution in [3.05, 3.63) is 35.1 Å². The molecular formula is C10H20Cl6Co3N2+3. The van der Waals surface area contributed by atoms with E-state index in [0.29, 0.717) is 12.9 Å². The molecular weight excluding hydrogens is 538 g/mol. The Morgan fingerprint density at radius 2 is 1.52 bits per heavy atom. The number of rotatable bonds is 0. The van der Waals surface area contributed by atoms with E-state index in [-0.39, 0.29) is 0 Å². The Morgan fingerprint density at radius 3 is 1.62 bits per heavy atom. The first kappa shape index (κ1) is 28.3. The van der Waals surface area contributed by atoms with E-state index < -0.39 is 10.9 Å². The molecule has 0 spiro atoms. The van der Waals surface area contributed by atoms with Gasteiger partial charge in [0.15, 0.2) is 0 Å². The van der Waals surface area contributed by atoms with Crippen LogP contribution in [-0.2, 0) is 38.7 Å². The van der Waals surface area contributed by atoms with E-state index in [1.165, 1.54) is 19.3 Å². The molecule has 0 atom stereocenters. The summed E-state index contributed by atoms with van der Waals surface area (Å²) in [6.45, 7) is 3.11. The third kappa shape index (κ3) is 45.0. The zero-order valence-corrected chi connectivity index (χ0v) is 18.7. The quantitative estimate of drug-likeness (QED) is 0.438. The fourth-order valence-electron chi connectivity index (χ4n) is 1.11. The normalized spacial score (nSPS) is 15.3. The SMILES string of the molecule is C1=CC[N-]C=C1.C1CC[N-]CC1.[ClH+][Co][ClH+].[Cl][Co+].[Cl][Co]([ClH+])[ClH+]. The molecule has 0 aromatic heterocycles. The standard InChI is InChI=1S/C5H10N.C5H6N.6ClH.3Co/c2*1-2-4-6-5-3-1;;;;;;;;;/h1-5H2;1-4H,5H2;6*1H;;;/q2*-1;;;;;;;2*+2;+3/p-2. The van der Waals surface area contributed by atoms with Gasteiger partial charge in [-0.05, 0) is 0 Å². The molecule has 0 N–H and O–H groups in total. The van der Waals surface area contributed by atoms with Crippen LogP contribution in [-0.4, -0.2) is 19.6 Å². The summed E-state index contributed by atoms with van der Waals surface area (Å²) < 4.78 is 0.